The minimum absolute atomic E-state index is 0.261. The molecular weight excluding hydrogens is 290 g/mol. The van der Waals surface area contributed by atoms with Crippen molar-refractivity contribution in [1.82, 2.24) is 5.32 Å². The van der Waals surface area contributed by atoms with E-state index in [1.165, 1.54) is 5.56 Å². The maximum Gasteiger partial charge on any atom is 0.125 e. The predicted molar refractivity (Wildman–Crippen MR) is 81.2 cm³/mol. The molecule has 2 atom stereocenters. The van der Waals surface area contributed by atoms with Crippen molar-refractivity contribution in [1.29, 1.82) is 0 Å². The summed E-state index contributed by atoms with van der Waals surface area (Å²) in [6.45, 7) is 9.57. The summed E-state index contributed by atoms with van der Waals surface area (Å²) in [7, 11) is 0. The van der Waals surface area contributed by atoms with Gasteiger partial charge in [-0.15, -0.1) is 0 Å². The molecule has 1 aromatic rings. The van der Waals surface area contributed by atoms with Crippen molar-refractivity contribution in [2.75, 3.05) is 6.54 Å². The van der Waals surface area contributed by atoms with E-state index >= 15 is 0 Å². The summed E-state index contributed by atoms with van der Waals surface area (Å²) in [4.78, 5) is 0. The van der Waals surface area contributed by atoms with Crippen LogP contribution < -0.4 is 10.1 Å². The lowest BCUT2D eigenvalue weighted by Crippen LogP contribution is -2.20. The summed E-state index contributed by atoms with van der Waals surface area (Å²) < 4.78 is 7.13. The Kier molecular flexibility index (Phi) is 6.72. The molecule has 0 aliphatic heterocycles. The number of nitrogens with one attached hydrogen (secondary N) is 1. The van der Waals surface area contributed by atoms with Gasteiger partial charge in [-0.2, -0.15) is 0 Å². The van der Waals surface area contributed by atoms with E-state index in [9.17, 15) is 0 Å². The number of halogens is 1. The third kappa shape index (κ3) is 4.62. The number of hydrogen-bond donors (Lipinski definition) is 1. The first kappa shape index (κ1) is 15.5. The Balaban J connectivity index is 2.89. The average molecular weight is 314 g/mol. The van der Waals surface area contributed by atoms with Gasteiger partial charge in [0, 0.05) is 16.1 Å². The van der Waals surface area contributed by atoms with Gasteiger partial charge < -0.3 is 10.1 Å². The molecule has 2 unspecified atom stereocenters. The Morgan fingerprint density at radius 1 is 1.28 bits per heavy atom. The van der Waals surface area contributed by atoms with Crippen LogP contribution in [0.5, 0.6) is 5.75 Å². The van der Waals surface area contributed by atoms with E-state index in [0.717, 1.165) is 29.6 Å². The summed E-state index contributed by atoms with van der Waals surface area (Å²) in [5, 5.41) is 3.43. The fourth-order valence-corrected chi connectivity index (χ4v) is 2.41. The molecule has 0 aromatic heterocycles. The standard InChI is InChI=1S/C15H24BrNO/c1-5-7-11(3)18-15-10-13(16)8-9-14(15)12(4)17-6-2/h8-12,17H,5-7H2,1-4H3. The van der Waals surface area contributed by atoms with E-state index in [4.69, 9.17) is 4.74 Å². The van der Waals surface area contributed by atoms with Crippen LogP contribution in [0.2, 0.25) is 0 Å². The number of benzene rings is 1. The van der Waals surface area contributed by atoms with Crippen molar-refractivity contribution in [3.8, 4) is 5.75 Å². The summed E-state index contributed by atoms with van der Waals surface area (Å²) in [6, 6.07) is 6.58. The molecule has 0 saturated heterocycles. The Bertz CT molecular complexity index is 368. The molecule has 0 heterocycles. The molecular formula is C15H24BrNO. The Morgan fingerprint density at radius 2 is 2.00 bits per heavy atom. The van der Waals surface area contributed by atoms with Gasteiger partial charge in [0.2, 0.25) is 0 Å². The molecule has 0 saturated carbocycles. The second-order valence-corrected chi connectivity index (χ2v) is 5.59. The summed E-state index contributed by atoms with van der Waals surface area (Å²) >= 11 is 3.51. The van der Waals surface area contributed by atoms with Crippen LogP contribution >= 0.6 is 15.9 Å². The highest BCUT2D eigenvalue weighted by molar-refractivity contribution is 9.10. The molecule has 18 heavy (non-hydrogen) atoms. The normalized spacial score (nSPS) is 14.3. The first-order chi connectivity index (χ1) is 8.58. The first-order valence-electron chi connectivity index (χ1n) is 6.77. The van der Waals surface area contributed by atoms with Gasteiger partial charge in [-0.05, 0) is 38.9 Å². The number of rotatable bonds is 7. The average Bonchev–Trinajstić information content (AvgIpc) is 2.29. The molecule has 0 bridgehead atoms. The second-order valence-electron chi connectivity index (χ2n) is 4.68. The topological polar surface area (TPSA) is 21.3 Å². The number of ether oxygens (including phenoxy) is 1. The van der Waals surface area contributed by atoms with Crippen LogP contribution in [0, 0.1) is 0 Å². The molecule has 3 heteroatoms. The van der Waals surface area contributed by atoms with Crippen LogP contribution in [0.4, 0.5) is 0 Å². The zero-order valence-corrected chi connectivity index (χ0v) is 13.4. The van der Waals surface area contributed by atoms with E-state index in [0.29, 0.717) is 6.04 Å². The van der Waals surface area contributed by atoms with Crippen molar-refractivity contribution in [3.63, 3.8) is 0 Å². The molecule has 0 aliphatic carbocycles. The van der Waals surface area contributed by atoms with Gasteiger partial charge in [-0.1, -0.05) is 42.3 Å². The third-order valence-corrected chi connectivity index (χ3v) is 3.47. The predicted octanol–water partition coefficient (Wildman–Crippen LogP) is 4.69. The van der Waals surface area contributed by atoms with Gasteiger partial charge in [0.05, 0.1) is 6.10 Å². The molecule has 1 rings (SSSR count). The van der Waals surface area contributed by atoms with Crippen LogP contribution in [0.25, 0.3) is 0 Å². The largest absolute Gasteiger partial charge is 0.490 e. The molecule has 0 spiro atoms. The van der Waals surface area contributed by atoms with Crippen LogP contribution in [0.15, 0.2) is 22.7 Å². The molecule has 0 fully saturated rings. The SMILES string of the molecule is CCCC(C)Oc1cc(Br)ccc1C(C)NCC. The van der Waals surface area contributed by atoms with Crippen molar-refractivity contribution in [3.05, 3.63) is 28.2 Å². The highest BCUT2D eigenvalue weighted by Crippen LogP contribution is 2.29. The van der Waals surface area contributed by atoms with Gasteiger partial charge in [0.15, 0.2) is 0 Å². The van der Waals surface area contributed by atoms with Crippen molar-refractivity contribution in [2.24, 2.45) is 0 Å². The summed E-state index contributed by atoms with van der Waals surface area (Å²) in [5.74, 6) is 0.985. The maximum atomic E-state index is 6.06. The lowest BCUT2D eigenvalue weighted by molar-refractivity contribution is 0.206. The van der Waals surface area contributed by atoms with Crippen LogP contribution in [-0.4, -0.2) is 12.6 Å². The second kappa shape index (κ2) is 7.80. The molecule has 1 aromatic carbocycles. The Labute approximate surface area is 119 Å². The van der Waals surface area contributed by atoms with E-state index < -0.39 is 0 Å². The fraction of sp³-hybridized carbons (Fsp3) is 0.600. The zero-order chi connectivity index (χ0) is 13.5. The highest BCUT2D eigenvalue weighted by Gasteiger charge is 2.13. The van der Waals surface area contributed by atoms with Gasteiger partial charge in [0.25, 0.3) is 0 Å². The van der Waals surface area contributed by atoms with E-state index in [-0.39, 0.29) is 6.10 Å². The molecule has 0 amide bonds. The summed E-state index contributed by atoms with van der Waals surface area (Å²) in [6.07, 6.45) is 2.49. The molecule has 102 valence electrons. The monoisotopic (exact) mass is 313 g/mol. The molecule has 1 N–H and O–H groups in total. The quantitative estimate of drug-likeness (QED) is 0.788. The highest BCUT2D eigenvalue weighted by atomic mass is 79.9. The van der Waals surface area contributed by atoms with E-state index in [1.807, 2.05) is 0 Å². The van der Waals surface area contributed by atoms with Crippen molar-refractivity contribution >= 4 is 15.9 Å². The summed E-state index contributed by atoms with van der Waals surface area (Å²) in [5.41, 5.74) is 1.23. The van der Waals surface area contributed by atoms with Gasteiger partial charge in [0.1, 0.15) is 5.75 Å². The van der Waals surface area contributed by atoms with Crippen LogP contribution in [0.1, 0.15) is 52.1 Å². The Hall–Kier alpha value is -0.540. The third-order valence-electron chi connectivity index (χ3n) is 2.98. The van der Waals surface area contributed by atoms with Crippen molar-refractivity contribution < 1.29 is 4.74 Å². The molecule has 0 radical (unpaired) electrons. The minimum atomic E-state index is 0.261. The van der Waals surface area contributed by atoms with E-state index in [2.05, 4.69) is 67.1 Å². The molecule has 0 aliphatic rings. The van der Waals surface area contributed by atoms with Crippen molar-refractivity contribution in [2.45, 2.75) is 52.7 Å². The van der Waals surface area contributed by atoms with Crippen LogP contribution in [-0.2, 0) is 0 Å². The lowest BCUT2D eigenvalue weighted by Gasteiger charge is -2.21. The Morgan fingerprint density at radius 3 is 2.61 bits per heavy atom. The first-order valence-corrected chi connectivity index (χ1v) is 7.57. The van der Waals surface area contributed by atoms with E-state index in [1.54, 1.807) is 0 Å². The number of hydrogen-bond acceptors (Lipinski definition) is 2. The zero-order valence-electron chi connectivity index (χ0n) is 11.8. The molecule has 2 nitrogen and oxygen atoms in total. The van der Waals surface area contributed by atoms with Gasteiger partial charge in [-0.25, -0.2) is 0 Å². The fourth-order valence-electron chi connectivity index (χ4n) is 2.07. The van der Waals surface area contributed by atoms with Gasteiger partial charge in [-0.3, -0.25) is 0 Å². The lowest BCUT2D eigenvalue weighted by atomic mass is 10.1. The van der Waals surface area contributed by atoms with Gasteiger partial charge >= 0.3 is 0 Å². The minimum Gasteiger partial charge on any atom is -0.490 e. The smallest absolute Gasteiger partial charge is 0.125 e. The maximum absolute atomic E-state index is 6.06. The van der Waals surface area contributed by atoms with Crippen LogP contribution in [0.3, 0.4) is 0 Å².